The van der Waals surface area contributed by atoms with Crippen LogP contribution in [-0.4, -0.2) is 54.0 Å². The number of nitrogens with one attached hydrogen (secondary N) is 1. The van der Waals surface area contributed by atoms with Crippen LogP contribution in [0.25, 0.3) is 0 Å². The van der Waals surface area contributed by atoms with Gasteiger partial charge in [-0.2, -0.15) is 0 Å². The highest BCUT2D eigenvalue weighted by molar-refractivity contribution is 6.05. The Morgan fingerprint density at radius 2 is 2.00 bits per heavy atom. The number of rotatable bonds is 2. The van der Waals surface area contributed by atoms with E-state index < -0.39 is 6.04 Å². The first-order valence-electron chi connectivity index (χ1n) is 9.41. The minimum Gasteiger partial charge on any atom is -0.346 e. The van der Waals surface area contributed by atoms with Gasteiger partial charge >= 0.3 is 0 Å². The van der Waals surface area contributed by atoms with Crippen molar-refractivity contribution in [2.45, 2.75) is 57.2 Å². The molecule has 1 aromatic rings. The molecule has 3 heterocycles. The number of piperidine rings is 2. The Balaban J connectivity index is 1.53. The third-order valence-corrected chi connectivity index (χ3v) is 6.23. The standard InChI is InChI=1S/C19H24BN3O3/c1-11-8-13(6-7-23(11)20)12-2-3-15-14(9-12)10-22(19(15)26)16-4-5-17(24)21-18(16)25/h2-3,9,11,13,16H,4-8,10,20H2,1H3,(H,21,24,25). The maximum absolute atomic E-state index is 12.8. The molecule has 0 bridgehead atoms. The van der Waals surface area contributed by atoms with E-state index in [1.165, 1.54) is 5.56 Å². The molecule has 3 aliphatic rings. The number of benzene rings is 1. The van der Waals surface area contributed by atoms with E-state index >= 15 is 0 Å². The van der Waals surface area contributed by atoms with E-state index in [1.54, 1.807) is 4.90 Å². The Hall–Kier alpha value is -2.15. The zero-order valence-electron chi connectivity index (χ0n) is 15.3. The summed E-state index contributed by atoms with van der Waals surface area (Å²) in [6.45, 7) is 3.80. The summed E-state index contributed by atoms with van der Waals surface area (Å²) in [7, 11) is 2.17. The third-order valence-electron chi connectivity index (χ3n) is 6.23. The second-order valence-electron chi connectivity index (χ2n) is 7.87. The summed E-state index contributed by atoms with van der Waals surface area (Å²) in [6, 6.07) is 6.17. The van der Waals surface area contributed by atoms with E-state index in [-0.39, 0.29) is 24.1 Å². The summed E-state index contributed by atoms with van der Waals surface area (Å²) in [4.78, 5) is 40.3. The Bertz CT molecular complexity index is 781. The molecule has 6 nitrogen and oxygen atoms in total. The largest absolute Gasteiger partial charge is 0.346 e. The van der Waals surface area contributed by atoms with Crippen molar-refractivity contribution >= 4 is 25.7 Å². The smallest absolute Gasteiger partial charge is 0.255 e. The fourth-order valence-corrected chi connectivity index (χ4v) is 4.44. The lowest BCUT2D eigenvalue weighted by Gasteiger charge is -2.35. The summed E-state index contributed by atoms with van der Waals surface area (Å²) in [6.07, 6.45) is 2.95. The molecule has 1 aromatic carbocycles. The van der Waals surface area contributed by atoms with Crippen LogP contribution in [0.4, 0.5) is 0 Å². The molecule has 136 valence electrons. The summed E-state index contributed by atoms with van der Waals surface area (Å²) in [5.41, 5.74) is 2.99. The predicted molar refractivity (Wildman–Crippen MR) is 99.2 cm³/mol. The first-order chi connectivity index (χ1) is 12.4. The monoisotopic (exact) mass is 353 g/mol. The van der Waals surface area contributed by atoms with Crippen LogP contribution in [-0.2, 0) is 16.1 Å². The van der Waals surface area contributed by atoms with Gasteiger partial charge in [-0.15, -0.1) is 0 Å². The summed E-state index contributed by atoms with van der Waals surface area (Å²) in [5.74, 6) is -0.190. The van der Waals surface area contributed by atoms with Gasteiger partial charge in [0.2, 0.25) is 11.8 Å². The molecule has 3 atom stereocenters. The van der Waals surface area contributed by atoms with Gasteiger partial charge in [-0.05, 0) is 55.0 Å². The van der Waals surface area contributed by atoms with Gasteiger partial charge < -0.3 is 9.71 Å². The van der Waals surface area contributed by atoms with Gasteiger partial charge in [-0.3, -0.25) is 19.7 Å². The Morgan fingerprint density at radius 1 is 1.19 bits per heavy atom. The minimum absolute atomic E-state index is 0.0993. The van der Waals surface area contributed by atoms with Crippen LogP contribution in [0.3, 0.4) is 0 Å². The van der Waals surface area contributed by atoms with Crippen molar-refractivity contribution in [1.82, 2.24) is 15.0 Å². The highest BCUT2D eigenvalue weighted by atomic mass is 16.2. The van der Waals surface area contributed by atoms with E-state index in [9.17, 15) is 14.4 Å². The van der Waals surface area contributed by atoms with Crippen LogP contribution in [0.1, 0.15) is 60.0 Å². The Labute approximate surface area is 154 Å². The number of amides is 3. The lowest BCUT2D eigenvalue weighted by atomic mass is 9.83. The molecule has 0 spiro atoms. The molecule has 3 unspecified atom stereocenters. The lowest BCUT2D eigenvalue weighted by Crippen LogP contribution is -2.52. The normalized spacial score (nSPS) is 29.7. The Kier molecular flexibility index (Phi) is 4.35. The first kappa shape index (κ1) is 17.3. The van der Waals surface area contributed by atoms with Crippen molar-refractivity contribution in [2.24, 2.45) is 0 Å². The van der Waals surface area contributed by atoms with Crippen molar-refractivity contribution in [2.75, 3.05) is 6.54 Å². The lowest BCUT2D eigenvalue weighted by molar-refractivity contribution is -0.136. The fourth-order valence-electron chi connectivity index (χ4n) is 4.44. The van der Waals surface area contributed by atoms with Crippen LogP contribution in [0.5, 0.6) is 0 Å². The molecule has 3 amide bonds. The minimum atomic E-state index is -0.542. The van der Waals surface area contributed by atoms with Crippen LogP contribution in [0.2, 0.25) is 0 Å². The van der Waals surface area contributed by atoms with Gasteiger partial charge in [-0.25, -0.2) is 0 Å². The number of fused-ring (bicyclic) bond motifs is 1. The molecule has 3 aliphatic heterocycles. The summed E-state index contributed by atoms with van der Waals surface area (Å²) >= 11 is 0. The van der Waals surface area contributed by atoms with E-state index in [4.69, 9.17) is 0 Å². The predicted octanol–water partition coefficient (Wildman–Crippen LogP) is 0.564. The van der Waals surface area contributed by atoms with Crippen LogP contribution >= 0.6 is 0 Å². The highest BCUT2D eigenvalue weighted by Crippen LogP contribution is 2.34. The molecule has 0 aromatic heterocycles. The van der Waals surface area contributed by atoms with Crippen LogP contribution in [0.15, 0.2) is 18.2 Å². The summed E-state index contributed by atoms with van der Waals surface area (Å²) < 4.78 is 0. The zero-order chi connectivity index (χ0) is 18.4. The quantitative estimate of drug-likeness (QED) is 0.623. The van der Waals surface area contributed by atoms with Gasteiger partial charge in [0.15, 0.2) is 7.98 Å². The number of hydrogen-bond donors (Lipinski definition) is 1. The topological polar surface area (TPSA) is 69.7 Å². The van der Waals surface area contributed by atoms with Crippen molar-refractivity contribution in [3.8, 4) is 0 Å². The second kappa shape index (κ2) is 6.54. The summed E-state index contributed by atoms with van der Waals surface area (Å²) in [5, 5.41) is 2.35. The molecular formula is C19H24BN3O3. The zero-order valence-corrected chi connectivity index (χ0v) is 15.3. The molecule has 7 heteroatoms. The van der Waals surface area contributed by atoms with Gasteiger partial charge in [0, 0.05) is 18.5 Å². The molecule has 0 radical (unpaired) electrons. The van der Waals surface area contributed by atoms with E-state index in [0.717, 1.165) is 24.9 Å². The van der Waals surface area contributed by atoms with Crippen molar-refractivity contribution in [3.63, 3.8) is 0 Å². The molecule has 2 fully saturated rings. The Morgan fingerprint density at radius 3 is 2.73 bits per heavy atom. The molecular weight excluding hydrogens is 329 g/mol. The van der Waals surface area contributed by atoms with Crippen LogP contribution < -0.4 is 5.32 Å². The number of carbonyl (C=O) groups is 3. The number of hydrogen-bond acceptors (Lipinski definition) is 4. The molecule has 2 saturated heterocycles. The SMILES string of the molecule is BN1CCC(c2ccc3c(c2)CN(C2CCC(=O)NC2=O)C3=O)CC1C. The number of nitrogens with zero attached hydrogens (tertiary/aromatic N) is 2. The van der Waals surface area contributed by atoms with Crippen molar-refractivity contribution < 1.29 is 14.4 Å². The van der Waals surface area contributed by atoms with Gasteiger partial charge in [-0.1, -0.05) is 19.1 Å². The van der Waals surface area contributed by atoms with Crippen molar-refractivity contribution in [1.29, 1.82) is 0 Å². The molecule has 26 heavy (non-hydrogen) atoms. The highest BCUT2D eigenvalue weighted by Gasteiger charge is 2.39. The van der Waals surface area contributed by atoms with E-state index in [2.05, 4.69) is 37.2 Å². The number of carbonyl (C=O) groups excluding carboxylic acids is 3. The molecule has 0 saturated carbocycles. The van der Waals surface area contributed by atoms with Gasteiger partial charge in [0.1, 0.15) is 6.04 Å². The van der Waals surface area contributed by atoms with Crippen LogP contribution in [0, 0.1) is 0 Å². The average molecular weight is 353 g/mol. The van der Waals surface area contributed by atoms with Gasteiger partial charge in [0.05, 0.1) is 0 Å². The van der Waals surface area contributed by atoms with Crippen molar-refractivity contribution in [3.05, 3.63) is 34.9 Å². The van der Waals surface area contributed by atoms with E-state index in [0.29, 0.717) is 30.5 Å². The molecule has 1 N–H and O–H groups in total. The maximum atomic E-state index is 12.8. The fraction of sp³-hybridized carbons (Fsp3) is 0.526. The second-order valence-corrected chi connectivity index (χ2v) is 7.87. The molecule has 0 aliphatic carbocycles. The average Bonchev–Trinajstić information content (AvgIpc) is 2.93. The maximum Gasteiger partial charge on any atom is 0.255 e. The van der Waals surface area contributed by atoms with Gasteiger partial charge in [0.25, 0.3) is 5.91 Å². The number of imide groups is 1. The first-order valence-corrected chi connectivity index (χ1v) is 9.41. The van der Waals surface area contributed by atoms with E-state index in [1.807, 2.05) is 6.07 Å². The molecule has 4 rings (SSSR count). The third kappa shape index (κ3) is 2.94.